The molecule has 2 atom stereocenters. The summed E-state index contributed by atoms with van der Waals surface area (Å²) in [6.07, 6.45) is 2.92. The van der Waals surface area contributed by atoms with E-state index < -0.39 is 0 Å². The molecule has 1 fully saturated rings. The monoisotopic (exact) mass is 477 g/mol. The van der Waals surface area contributed by atoms with Gasteiger partial charge in [0, 0.05) is 18.5 Å². The Balaban J connectivity index is 1.56. The molecule has 9 heteroatoms. The van der Waals surface area contributed by atoms with Gasteiger partial charge in [-0.05, 0) is 41.3 Å². The Bertz CT molecular complexity index is 1040. The van der Waals surface area contributed by atoms with E-state index >= 15 is 0 Å². The van der Waals surface area contributed by atoms with Crippen LogP contribution in [0.1, 0.15) is 37.1 Å². The molecule has 7 nitrogen and oxygen atoms in total. The summed E-state index contributed by atoms with van der Waals surface area (Å²) in [5.41, 5.74) is 7.62. The van der Waals surface area contributed by atoms with Crippen LogP contribution in [0, 0.1) is 0 Å². The van der Waals surface area contributed by atoms with Crippen LogP contribution in [0.3, 0.4) is 0 Å². The largest absolute Gasteiger partial charge is 0.445 e. The quantitative estimate of drug-likeness (QED) is 0.593. The van der Waals surface area contributed by atoms with Crippen molar-refractivity contribution >= 4 is 45.0 Å². The number of likely N-dealkylation sites (tertiary alicyclic amines) is 1. The number of halogens is 2. The molecular formula is C20H21BrClN5O2. The number of ether oxygens (including phenoxy) is 1. The fourth-order valence-electron chi connectivity index (χ4n) is 3.74. The van der Waals surface area contributed by atoms with Crippen LogP contribution in [0.5, 0.6) is 0 Å². The Kier molecular flexibility index (Phi) is 5.65. The Morgan fingerprint density at radius 1 is 1.34 bits per heavy atom. The van der Waals surface area contributed by atoms with Crippen molar-refractivity contribution in [1.29, 1.82) is 0 Å². The first-order valence-corrected chi connectivity index (χ1v) is 10.6. The molecule has 0 spiro atoms. The predicted octanol–water partition coefficient (Wildman–Crippen LogP) is 4.63. The molecule has 3 heterocycles. The zero-order valence-electron chi connectivity index (χ0n) is 15.9. The van der Waals surface area contributed by atoms with Gasteiger partial charge in [0.25, 0.3) is 0 Å². The Labute approximate surface area is 182 Å². The maximum absolute atomic E-state index is 12.8. The van der Waals surface area contributed by atoms with Crippen LogP contribution in [0.2, 0.25) is 5.15 Å². The molecule has 2 aromatic heterocycles. The van der Waals surface area contributed by atoms with E-state index in [1.807, 2.05) is 41.7 Å². The molecule has 1 amide bonds. The molecule has 29 heavy (non-hydrogen) atoms. The van der Waals surface area contributed by atoms with Crippen LogP contribution in [0.4, 0.5) is 10.6 Å². The van der Waals surface area contributed by atoms with E-state index in [1.54, 1.807) is 4.90 Å². The van der Waals surface area contributed by atoms with Gasteiger partial charge >= 0.3 is 6.09 Å². The van der Waals surface area contributed by atoms with Crippen molar-refractivity contribution in [2.45, 2.75) is 38.3 Å². The topological polar surface area (TPSA) is 85.8 Å². The number of carbonyl (C=O) groups excluding carboxylic acids is 1. The molecule has 3 aromatic rings. The van der Waals surface area contributed by atoms with Gasteiger partial charge in [0.15, 0.2) is 5.82 Å². The van der Waals surface area contributed by atoms with Crippen LogP contribution in [-0.4, -0.2) is 37.9 Å². The van der Waals surface area contributed by atoms with Crippen molar-refractivity contribution in [2.24, 2.45) is 0 Å². The number of nitrogen functional groups attached to an aromatic ring is 1. The van der Waals surface area contributed by atoms with E-state index in [9.17, 15) is 4.79 Å². The van der Waals surface area contributed by atoms with Crippen LogP contribution in [-0.2, 0) is 11.3 Å². The number of carbonyl (C=O) groups is 1. The summed E-state index contributed by atoms with van der Waals surface area (Å²) in [6.45, 7) is 2.78. The van der Waals surface area contributed by atoms with E-state index in [0.717, 1.165) is 24.2 Å². The molecule has 0 radical (unpaired) electrons. The SMILES string of the molecule is C[C@H]1CC[C@@H](c2nc(Br)c3c(N)ncc(Cl)n23)CN1C(=O)OCc1ccccc1. The molecule has 0 saturated carbocycles. The standard InChI is InChI=1S/C20H21BrClN5O2/c1-12-7-8-14(10-26(12)20(28)29-11-13-5-3-2-4-6-13)19-25-17(21)16-18(23)24-9-15(22)27(16)19/h2-6,9,12,14H,7-8,10-11H2,1H3,(H2,23,24)/t12-,14+/m0/s1. The molecule has 4 rings (SSSR count). The maximum atomic E-state index is 12.8. The summed E-state index contributed by atoms with van der Waals surface area (Å²) < 4.78 is 7.95. The number of hydrogen-bond acceptors (Lipinski definition) is 5. The van der Waals surface area contributed by atoms with E-state index in [-0.39, 0.29) is 24.7 Å². The molecule has 2 N–H and O–H groups in total. The maximum Gasteiger partial charge on any atom is 0.410 e. The van der Waals surface area contributed by atoms with Gasteiger partial charge < -0.3 is 15.4 Å². The number of imidazole rings is 1. The van der Waals surface area contributed by atoms with Crippen LogP contribution < -0.4 is 5.73 Å². The van der Waals surface area contributed by atoms with Gasteiger partial charge in [-0.3, -0.25) is 4.40 Å². The summed E-state index contributed by atoms with van der Waals surface area (Å²) in [4.78, 5) is 23.3. The lowest BCUT2D eigenvalue weighted by Gasteiger charge is -2.36. The summed E-state index contributed by atoms with van der Waals surface area (Å²) in [7, 11) is 0. The van der Waals surface area contributed by atoms with Gasteiger partial charge in [-0.25, -0.2) is 14.8 Å². The number of piperidine rings is 1. The third-order valence-electron chi connectivity index (χ3n) is 5.31. The smallest absolute Gasteiger partial charge is 0.410 e. The third-order valence-corrected chi connectivity index (χ3v) is 6.13. The second kappa shape index (κ2) is 8.20. The molecule has 1 aliphatic heterocycles. The molecule has 0 bridgehead atoms. The predicted molar refractivity (Wildman–Crippen MR) is 115 cm³/mol. The number of aromatic nitrogens is 3. The molecule has 152 valence electrons. The van der Waals surface area contributed by atoms with Crippen LogP contribution in [0.25, 0.3) is 5.52 Å². The summed E-state index contributed by atoms with van der Waals surface area (Å²) in [5, 5.41) is 0.430. The summed E-state index contributed by atoms with van der Waals surface area (Å²) >= 11 is 9.85. The zero-order chi connectivity index (χ0) is 20.5. The lowest BCUT2D eigenvalue weighted by molar-refractivity contribution is 0.0667. The number of nitrogens with two attached hydrogens (primary N) is 1. The van der Waals surface area contributed by atoms with Crippen molar-refractivity contribution in [3.63, 3.8) is 0 Å². The summed E-state index contributed by atoms with van der Waals surface area (Å²) in [6, 6.07) is 9.74. The van der Waals surface area contributed by atoms with Crippen molar-refractivity contribution in [1.82, 2.24) is 19.3 Å². The highest BCUT2D eigenvalue weighted by Gasteiger charge is 2.33. The Morgan fingerprint density at radius 3 is 2.86 bits per heavy atom. The molecule has 0 unspecified atom stereocenters. The third kappa shape index (κ3) is 3.91. The fraction of sp³-hybridized carbons (Fsp3) is 0.350. The van der Waals surface area contributed by atoms with Gasteiger partial charge in [-0.15, -0.1) is 0 Å². The first kappa shape index (κ1) is 20.0. The van der Waals surface area contributed by atoms with Crippen LogP contribution >= 0.6 is 27.5 Å². The van der Waals surface area contributed by atoms with Gasteiger partial charge in [0.1, 0.15) is 27.7 Å². The number of benzene rings is 1. The molecule has 0 aliphatic carbocycles. The molecular weight excluding hydrogens is 458 g/mol. The highest BCUT2D eigenvalue weighted by atomic mass is 79.9. The van der Waals surface area contributed by atoms with Crippen molar-refractivity contribution < 1.29 is 9.53 Å². The minimum Gasteiger partial charge on any atom is -0.445 e. The Hall–Kier alpha value is -2.32. The van der Waals surface area contributed by atoms with Gasteiger partial charge in [0.05, 0.1) is 6.20 Å². The molecule has 1 aliphatic rings. The van der Waals surface area contributed by atoms with E-state index in [0.29, 0.717) is 27.6 Å². The zero-order valence-corrected chi connectivity index (χ0v) is 18.2. The first-order chi connectivity index (χ1) is 14.0. The van der Waals surface area contributed by atoms with Crippen molar-refractivity contribution in [2.75, 3.05) is 12.3 Å². The number of anilines is 1. The average molecular weight is 479 g/mol. The van der Waals surface area contributed by atoms with Gasteiger partial charge in [-0.1, -0.05) is 41.9 Å². The van der Waals surface area contributed by atoms with Crippen LogP contribution in [0.15, 0.2) is 41.1 Å². The Morgan fingerprint density at radius 2 is 2.10 bits per heavy atom. The van der Waals surface area contributed by atoms with E-state index in [1.165, 1.54) is 6.20 Å². The lowest BCUT2D eigenvalue weighted by atomic mass is 9.93. The highest BCUT2D eigenvalue weighted by Crippen LogP contribution is 2.35. The molecule has 1 saturated heterocycles. The second-order valence-electron chi connectivity index (χ2n) is 7.23. The summed E-state index contributed by atoms with van der Waals surface area (Å²) in [5.74, 6) is 1.12. The fourth-order valence-corrected chi connectivity index (χ4v) is 4.52. The van der Waals surface area contributed by atoms with Crippen molar-refractivity contribution in [3.8, 4) is 0 Å². The normalized spacial score (nSPS) is 19.5. The van der Waals surface area contributed by atoms with E-state index in [4.69, 9.17) is 22.1 Å². The average Bonchev–Trinajstić information content (AvgIpc) is 3.08. The second-order valence-corrected chi connectivity index (χ2v) is 8.37. The number of amides is 1. The lowest BCUT2D eigenvalue weighted by Crippen LogP contribution is -2.45. The number of fused-ring (bicyclic) bond motifs is 1. The first-order valence-electron chi connectivity index (χ1n) is 9.41. The van der Waals surface area contributed by atoms with Gasteiger partial charge in [-0.2, -0.15) is 0 Å². The van der Waals surface area contributed by atoms with E-state index in [2.05, 4.69) is 25.9 Å². The number of rotatable bonds is 3. The number of hydrogen-bond donors (Lipinski definition) is 1. The minimum atomic E-state index is -0.321. The highest BCUT2D eigenvalue weighted by molar-refractivity contribution is 9.10. The number of nitrogens with zero attached hydrogens (tertiary/aromatic N) is 4. The van der Waals surface area contributed by atoms with Crippen molar-refractivity contribution in [3.05, 3.63) is 57.7 Å². The minimum absolute atomic E-state index is 0.00794. The van der Waals surface area contributed by atoms with Gasteiger partial charge in [0.2, 0.25) is 0 Å². The molecule has 1 aromatic carbocycles.